The second kappa shape index (κ2) is 6.84. The van der Waals surface area contributed by atoms with Crippen LogP contribution in [0.3, 0.4) is 0 Å². The summed E-state index contributed by atoms with van der Waals surface area (Å²) < 4.78 is 2.85. The van der Waals surface area contributed by atoms with Crippen LogP contribution in [-0.2, 0) is 11.3 Å². The molecule has 22 heavy (non-hydrogen) atoms. The van der Waals surface area contributed by atoms with Crippen molar-refractivity contribution in [3.63, 3.8) is 0 Å². The zero-order chi connectivity index (χ0) is 16.4. The lowest BCUT2D eigenvalue weighted by molar-refractivity contribution is -0.119. The van der Waals surface area contributed by atoms with E-state index >= 15 is 0 Å². The van der Waals surface area contributed by atoms with Gasteiger partial charge >= 0.3 is 0 Å². The maximum atomic E-state index is 12.4. The molecule has 0 saturated heterocycles. The summed E-state index contributed by atoms with van der Waals surface area (Å²) in [5, 5.41) is 8.02. The van der Waals surface area contributed by atoms with Crippen LogP contribution in [0.15, 0.2) is 22.7 Å². The molecule has 2 aromatic rings. The van der Waals surface area contributed by atoms with Gasteiger partial charge in [0.05, 0.1) is 22.6 Å². The van der Waals surface area contributed by atoms with Crippen molar-refractivity contribution in [3.8, 4) is 0 Å². The third-order valence-corrected chi connectivity index (χ3v) is 5.27. The first-order valence-electron chi connectivity index (χ1n) is 7.06. The third-order valence-electron chi connectivity index (χ3n) is 3.71. The number of benzene rings is 1. The molecular weight excluding hydrogens is 366 g/mol. The van der Waals surface area contributed by atoms with Crippen LogP contribution in [0.5, 0.6) is 0 Å². The summed E-state index contributed by atoms with van der Waals surface area (Å²) in [6.07, 6.45) is 0. The Morgan fingerprint density at radius 1 is 1.41 bits per heavy atom. The largest absolute Gasteiger partial charge is 0.326 e. The zero-order valence-electron chi connectivity index (χ0n) is 13.1. The van der Waals surface area contributed by atoms with E-state index in [0.29, 0.717) is 11.6 Å². The Bertz CT molecular complexity index is 712. The first kappa shape index (κ1) is 17.0. The maximum Gasteiger partial charge on any atom is 0.229 e. The Morgan fingerprint density at radius 3 is 2.68 bits per heavy atom. The zero-order valence-corrected chi connectivity index (χ0v) is 15.4. The Labute approximate surface area is 144 Å². The summed E-state index contributed by atoms with van der Waals surface area (Å²) in [6.45, 7) is 8.23. The van der Waals surface area contributed by atoms with Crippen LogP contribution in [0.4, 0.5) is 5.69 Å². The predicted octanol–water partition coefficient (Wildman–Crippen LogP) is 4.50. The molecule has 1 N–H and O–H groups in total. The van der Waals surface area contributed by atoms with E-state index in [2.05, 4.69) is 26.3 Å². The van der Waals surface area contributed by atoms with Crippen molar-refractivity contribution in [1.29, 1.82) is 0 Å². The first-order chi connectivity index (χ1) is 10.3. The second-order valence-corrected chi connectivity index (χ2v) is 6.67. The molecule has 1 aromatic heterocycles. The number of halogens is 2. The van der Waals surface area contributed by atoms with Crippen molar-refractivity contribution in [2.45, 2.75) is 34.2 Å². The molecule has 0 bridgehead atoms. The normalized spacial score (nSPS) is 12.3. The van der Waals surface area contributed by atoms with E-state index in [1.807, 2.05) is 50.6 Å². The molecule has 0 aliphatic heterocycles. The van der Waals surface area contributed by atoms with Gasteiger partial charge in [-0.2, -0.15) is 5.10 Å². The smallest absolute Gasteiger partial charge is 0.229 e. The van der Waals surface area contributed by atoms with E-state index in [1.165, 1.54) is 0 Å². The standard InChI is InChI=1S/C16H19BrClN3O/c1-9(8-21-12(4)15(17)11(3)20-21)16(22)19-14-7-5-6-13(18)10(14)2/h5-7,9H,8H2,1-4H3,(H,19,22). The highest BCUT2D eigenvalue weighted by molar-refractivity contribution is 9.10. The van der Waals surface area contributed by atoms with E-state index in [1.54, 1.807) is 0 Å². The molecule has 0 fully saturated rings. The highest BCUT2D eigenvalue weighted by Gasteiger charge is 2.18. The molecule has 1 aromatic carbocycles. The van der Waals surface area contributed by atoms with Crippen molar-refractivity contribution in [2.24, 2.45) is 5.92 Å². The minimum atomic E-state index is -0.205. The molecule has 0 aliphatic rings. The minimum Gasteiger partial charge on any atom is -0.326 e. The van der Waals surface area contributed by atoms with Gasteiger partial charge in [-0.25, -0.2) is 0 Å². The molecule has 0 radical (unpaired) electrons. The van der Waals surface area contributed by atoms with Crippen molar-refractivity contribution in [1.82, 2.24) is 9.78 Å². The lowest BCUT2D eigenvalue weighted by atomic mass is 10.1. The quantitative estimate of drug-likeness (QED) is 0.843. The van der Waals surface area contributed by atoms with Crippen LogP contribution in [0.25, 0.3) is 0 Å². The number of carbonyl (C=O) groups excluding carboxylic acids is 1. The van der Waals surface area contributed by atoms with Crippen molar-refractivity contribution < 1.29 is 4.79 Å². The molecule has 1 amide bonds. The van der Waals surface area contributed by atoms with Crippen LogP contribution in [0.2, 0.25) is 5.02 Å². The van der Waals surface area contributed by atoms with Crippen LogP contribution in [-0.4, -0.2) is 15.7 Å². The monoisotopic (exact) mass is 383 g/mol. The van der Waals surface area contributed by atoms with E-state index in [9.17, 15) is 4.79 Å². The molecule has 0 saturated carbocycles. The average Bonchev–Trinajstić information content (AvgIpc) is 2.71. The van der Waals surface area contributed by atoms with Gasteiger partial charge in [0.2, 0.25) is 5.91 Å². The van der Waals surface area contributed by atoms with Crippen molar-refractivity contribution >= 4 is 39.1 Å². The molecule has 6 heteroatoms. The van der Waals surface area contributed by atoms with E-state index in [-0.39, 0.29) is 11.8 Å². The number of nitrogens with one attached hydrogen (secondary N) is 1. The fourth-order valence-electron chi connectivity index (χ4n) is 2.19. The van der Waals surface area contributed by atoms with E-state index in [0.717, 1.165) is 27.1 Å². The predicted molar refractivity (Wildman–Crippen MR) is 93.4 cm³/mol. The Balaban J connectivity index is 2.09. The molecule has 4 nitrogen and oxygen atoms in total. The lowest BCUT2D eigenvalue weighted by Gasteiger charge is -2.15. The second-order valence-electron chi connectivity index (χ2n) is 5.47. The summed E-state index contributed by atoms with van der Waals surface area (Å²) in [6, 6.07) is 5.49. The molecular formula is C16H19BrClN3O. The lowest BCUT2D eigenvalue weighted by Crippen LogP contribution is -2.25. The number of aromatic nitrogens is 2. The van der Waals surface area contributed by atoms with Gasteiger partial charge < -0.3 is 5.32 Å². The summed E-state index contributed by atoms with van der Waals surface area (Å²) in [7, 11) is 0. The first-order valence-corrected chi connectivity index (χ1v) is 8.23. The Hall–Kier alpha value is -1.33. The van der Waals surface area contributed by atoms with Gasteiger partial charge in [-0.3, -0.25) is 9.48 Å². The summed E-state index contributed by atoms with van der Waals surface area (Å²) in [5.74, 6) is -0.252. The molecule has 1 atom stereocenters. The van der Waals surface area contributed by atoms with Gasteiger partial charge in [0, 0.05) is 16.4 Å². The summed E-state index contributed by atoms with van der Waals surface area (Å²) in [5.41, 5.74) is 3.57. The molecule has 2 rings (SSSR count). The van der Waals surface area contributed by atoms with Crippen molar-refractivity contribution in [3.05, 3.63) is 44.6 Å². The van der Waals surface area contributed by atoms with Crippen LogP contribution >= 0.6 is 27.5 Å². The number of aryl methyl sites for hydroxylation is 1. The number of hydrogen-bond donors (Lipinski definition) is 1. The number of amides is 1. The van der Waals surface area contributed by atoms with Crippen molar-refractivity contribution in [2.75, 3.05) is 5.32 Å². The Morgan fingerprint density at radius 2 is 2.09 bits per heavy atom. The van der Waals surface area contributed by atoms with Crippen LogP contribution in [0, 0.1) is 26.7 Å². The highest BCUT2D eigenvalue weighted by Crippen LogP contribution is 2.24. The molecule has 0 spiro atoms. The third kappa shape index (κ3) is 3.52. The molecule has 118 valence electrons. The molecule has 1 heterocycles. The van der Waals surface area contributed by atoms with Gasteiger partial charge in [0.1, 0.15) is 0 Å². The van der Waals surface area contributed by atoms with E-state index in [4.69, 9.17) is 11.6 Å². The number of carbonyl (C=O) groups is 1. The average molecular weight is 385 g/mol. The van der Waals surface area contributed by atoms with Crippen LogP contribution < -0.4 is 5.32 Å². The molecule has 0 aliphatic carbocycles. The highest BCUT2D eigenvalue weighted by atomic mass is 79.9. The minimum absolute atomic E-state index is 0.0472. The van der Waals surface area contributed by atoms with E-state index < -0.39 is 0 Å². The maximum absolute atomic E-state index is 12.4. The molecule has 1 unspecified atom stereocenters. The van der Waals surface area contributed by atoms with Gasteiger partial charge in [-0.1, -0.05) is 24.6 Å². The number of hydrogen-bond acceptors (Lipinski definition) is 2. The van der Waals surface area contributed by atoms with Crippen LogP contribution in [0.1, 0.15) is 23.9 Å². The van der Waals surface area contributed by atoms with Gasteiger partial charge in [-0.05, 0) is 54.4 Å². The van der Waals surface area contributed by atoms with Gasteiger partial charge in [0.15, 0.2) is 0 Å². The summed E-state index contributed by atoms with van der Waals surface area (Å²) >= 11 is 9.58. The number of anilines is 1. The van der Waals surface area contributed by atoms with Gasteiger partial charge in [-0.15, -0.1) is 0 Å². The number of nitrogens with zero attached hydrogens (tertiary/aromatic N) is 2. The number of rotatable bonds is 4. The fourth-order valence-corrected chi connectivity index (χ4v) is 2.65. The Kier molecular flexibility index (Phi) is 5.29. The SMILES string of the molecule is Cc1nn(CC(C)C(=O)Nc2cccc(Cl)c2C)c(C)c1Br. The fraction of sp³-hybridized carbons (Fsp3) is 0.375. The van der Waals surface area contributed by atoms with Gasteiger partial charge in [0.25, 0.3) is 0 Å². The topological polar surface area (TPSA) is 46.9 Å². The summed E-state index contributed by atoms with van der Waals surface area (Å²) in [4.78, 5) is 12.4.